The van der Waals surface area contributed by atoms with E-state index in [1.807, 2.05) is 0 Å². The number of aromatic nitrogens is 1. The summed E-state index contributed by atoms with van der Waals surface area (Å²) in [6.45, 7) is 2.50. The molecule has 0 radical (unpaired) electrons. The van der Waals surface area contributed by atoms with Gasteiger partial charge in [0.2, 0.25) is 5.91 Å². The van der Waals surface area contributed by atoms with E-state index in [1.54, 1.807) is 44.4 Å². The summed E-state index contributed by atoms with van der Waals surface area (Å²) in [6.07, 6.45) is 0.614. The third-order valence-corrected chi connectivity index (χ3v) is 3.61. The molecule has 2 aromatic rings. The van der Waals surface area contributed by atoms with E-state index in [0.29, 0.717) is 42.5 Å². The van der Waals surface area contributed by atoms with Crippen LogP contribution in [0.4, 0.5) is 5.82 Å². The standard InChI is InChI=1S/C18H23N3O5/c1-13-10-16(20-26-13)19-17(22)12-21(8-5-9-24-2)18(23)14-6-4-7-15(11-14)25-3/h4,6-7,10-11H,5,8-9,12H2,1-3H3,(H,19,20,22). The van der Waals surface area contributed by atoms with E-state index in [-0.39, 0.29) is 18.4 Å². The highest BCUT2D eigenvalue weighted by Crippen LogP contribution is 2.15. The molecule has 26 heavy (non-hydrogen) atoms. The number of carbonyl (C=O) groups excluding carboxylic acids is 2. The Hall–Kier alpha value is -2.87. The quantitative estimate of drug-likeness (QED) is 0.688. The highest BCUT2D eigenvalue weighted by molar-refractivity contribution is 5.99. The summed E-state index contributed by atoms with van der Waals surface area (Å²) >= 11 is 0. The molecule has 1 N–H and O–H groups in total. The Bertz CT molecular complexity index is 744. The number of rotatable bonds is 9. The van der Waals surface area contributed by atoms with Gasteiger partial charge in [0, 0.05) is 31.9 Å². The van der Waals surface area contributed by atoms with Gasteiger partial charge in [-0.3, -0.25) is 9.59 Å². The predicted octanol–water partition coefficient (Wildman–Crippen LogP) is 2.11. The molecule has 0 saturated heterocycles. The first kappa shape index (κ1) is 19.5. The van der Waals surface area contributed by atoms with Crippen molar-refractivity contribution in [1.29, 1.82) is 0 Å². The van der Waals surface area contributed by atoms with Gasteiger partial charge in [-0.2, -0.15) is 0 Å². The Kier molecular flexibility index (Phi) is 7.16. The summed E-state index contributed by atoms with van der Waals surface area (Å²) in [5.74, 6) is 0.872. The molecule has 0 spiro atoms. The molecule has 0 fully saturated rings. The van der Waals surface area contributed by atoms with Crippen molar-refractivity contribution in [2.75, 3.05) is 39.2 Å². The Morgan fingerprint density at radius 1 is 1.27 bits per heavy atom. The average Bonchev–Trinajstić information content (AvgIpc) is 3.05. The zero-order valence-electron chi connectivity index (χ0n) is 15.2. The van der Waals surface area contributed by atoms with Gasteiger partial charge in [-0.05, 0) is 31.5 Å². The first-order chi connectivity index (χ1) is 12.5. The number of hydrogen-bond donors (Lipinski definition) is 1. The van der Waals surface area contributed by atoms with Crippen molar-refractivity contribution in [2.45, 2.75) is 13.3 Å². The van der Waals surface area contributed by atoms with E-state index in [9.17, 15) is 9.59 Å². The maximum absolute atomic E-state index is 12.8. The summed E-state index contributed by atoms with van der Waals surface area (Å²) in [5, 5.41) is 6.34. The van der Waals surface area contributed by atoms with Crippen LogP contribution in [0.3, 0.4) is 0 Å². The summed E-state index contributed by atoms with van der Waals surface area (Å²) in [7, 11) is 3.13. The van der Waals surface area contributed by atoms with E-state index in [0.717, 1.165) is 0 Å². The Balaban J connectivity index is 2.08. The van der Waals surface area contributed by atoms with Crippen molar-refractivity contribution >= 4 is 17.6 Å². The second-order valence-electron chi connectivity index (χ2n) is 5.68. The van der Waals surface area contributed by atoms with E-state index in [2.05, 4.69) is 10.5 Å². The minimum Gasteiger partial charge on any atom is -0.497 e. The molecule has 1 aromatic carbocycles. The van der Waals surface area contributed by atoms with E-state index < -0.39 is 0 Å². The SMILES string of the molecule is COCCCN(CC(=O)Nc1cc(C)on1)C(=O)c1cccc(OC)c1. The van der Waals surface area contributed by atoms with Crippen molar-refractivity contribution in [3.63, 3.8) is 0 Å². The van der Waals surface area contributed by atoms with Crippen LogP contribution in [0.1, 0.15) is 22.5 Å². The zero-order chi connectivity index (χ0) is 18.9. The summed E-state index contributed by atoms with van der Waals surface area (Å²) < 4.78 is 15.1. The maximum atomic E-state index is 12.8. The highest BCUT2D eigenvalue weighted by Gasteiger charge is 2.20. The van der Waals surface area contributed by atoms with Crippen molar-refractivity contribution in [2.24, 2.45) is 0 Å². The molecule has 0 bridgehead atoms. The number of anilines is 1. The van der Waals surface area contributed by atoms with Gasteiger partial charge in [0.15, 0.2) is 5.82 Å². The van der Waals surface area contributed by atoms with Crippen LogP contribution in [0.15, 0.2) is 34.9 Å². The molecule has 1 heterocycles. The topological polar surface area (TPSA) is 93.9 Å². The second kappa shape index (κ2) is 9.57. The van der Waals surface area contributed by atoms with E-state index in [4.69, 9.17) is 14.0 Å². The molecule has 2 amide bonds. The molecule has 140 valence electrons. The number of carbonyl (C=O) groups is 2. The number of nitrogens with one attached hydrogen (secondary N) is 1. The Morgan fingerprint density at radius 3 is 2.73 bits per heavy atom. The van der Waals surface area contributed by atoms with Crippen LogP contribution in [0.5, 0.6) is 5.75 Å². The lowest BCUT2D eigenvalue weighted by Crippen LogP contribution is -2.39. The summed E-state index contributed by atoms with van der Waals surface area (Å²) in [4.78, 5) is 26.6. The number of ether oxygens (including phenoxy) is 2. The van der Waals surface area contributed by atoms with Crippen LogP contribution in [0.25, 0.3) is 0 Å². The lowest BCUT2D eigenvalue weighted by Gasteiger charge is -2.22. The van der Waals surface area contributed by atoms with Crippen molar-refractivity contribution in [1.82, 2.24) is 10.1 Å². The van der Waals surface area contributed by atoms with Crippen LogP contribution in [-0.2, 0) is 9.53 Å². The largest absolute Gasteiger partial charge is 0.497 e. The average molecular weight is 361 g/mol. The van der Waals surface area contributed by atoms with E-state index >= 15 is 0 Å². The molecule has 0 saturated carbocycles. The first-order valence-corrected chi connectivity index (χ1v) is 8.19. The lowest BCUT2D eigenvalue weighted by atomic mass is 10.2. The molecule has 8 heteroatoms. The third kappa shape index (κ3) is 5.59. The fraction of sp³-hybridized carbons (Fsp3) is 0.389. The molecule has 0 aliphatic carbocycles. The number of aryl methyl sites for hydroxylation is 1. The molecule has 0 aliphatic rings. The van der Waals surface area contributed by atoms with E-state index in [1.165, 1.54) is 12.0 Å². The molecule has 0 atom stereocenters. The van der Waals surface area contributed by atoms with Gasteiger partial charge in [-0.15, -0.1) is 0 Å². The van der Waals surface area contributed by atoms with Gasteiger partial charge in [0.1, 0.15) is 18.1 Å². The van der Waals surface area contributed by atoms with Gasteiger partial charge in [0.05, 0.1) is 7.11 Å². The first-order valence-electron chi connectivity index (χ1n) is 8.19. The van der Waals surface area contributed by atoms with Crippen LogP contribution >= 0.6 is 0 Å². The number of amides is 2. The van der Waals surface area contributed by atoms with Gasteiger partial charge in [-0.25, -0.2) is 0 Å². The normalized spacial score (nSPS) is 10.4. The van der Waals surface area contributed by atoms with Crippen molar-refractivity contribution in [3.8, 4) is 5.75 Å². The third-order valence-electron chi connectivity index (χ3n) is 3.61. The van der Waals surface area contributed by atoms with Crippen LogP contribution < -0.4 is 10.1 Å². The molecular formula is C18H23N3O5. The Labute approximate surface area is 152 Å². The molecular weight excluding hydrogens is 338 g/mol. The van der Waals surface area contributed by atoms with Gasteiger partial charge in [0.25, 0.3) is 5.91 Å². The zero-order valence-corrected chi connectivity index (χ0v) is 15.2. The molecule has 8 nitrogen and oxygen atoms in total. The van der Waals surface area contributed by atoms with Crippen LogP contribution in [0, 0.1) is 6.92 Å². The van der Waals surface area contributed by atoms with Gasteiger partial charge < -0.3 is 24.2 Å². The van der Waals surface area contributed by atoms with Crippen molar-refractivity contribution < 1.29 is 23.6 Å². The minimum absolute atomic E-state index is 0.105. The number of benzene rings is 1. The smallest absolute Gasteiger partial charge is 0.254 e. The van der Waals surface area contributed by atoms with Crippen LogP contribution in [-0.4, -0.2) is 55.8 Å². The predicted molar refractivity (Wildman–Crippen MR) is 95.3 cm³/mol. The number of methoxy groups -OCH3 is 2. The Morgan fingerprint density at radius 2 is 2.08 bits per heavy atom. The van der Waals surface area contributed by atoms with Crippen LogP contribution in [0.2, 0.25) is 0 Å². The molecule has 1 aromatic heterocycles. The highest BCUT2D eigenvalue weighted by atomic mass is 16.5. The monoisotopic (exact) mass is 361 g/mol. The molecule has 2 rings (SSSR count). The number of hydrogen-bond acceptors (Lipinski definition) is 6. The lowest BCUT2D eigenvalue weighted by molar-refractivity contribution is -0.117. The maximum Gasteiger partial charge on any atom is 0.254 e. The summed E-state index contributed by atoms with van der Waals surface area (Å²) in [6, 6.07) is 8.43. The molecule has 0 aliphatic heterocycles. The van der Waals surface area contributed by atoms with Gasteiger partial charge >= 0.3 is 0 Å². The summed E-state index contributed by atoms with van der Waals surface area (Å²) in [5.41, 5.74) is 0.451. The number of nitrogens with zero attached hydrogens (tertiary/aromatic N) is 2. The van der Waals surface area contributed by atoms with Gasteiger partial charge in [-0.1, -0.05) is 11.2 Å². The fourth-order valence-corrected chi connectivity index (χ4v) is 2.37. The molecule has 0 unspecified atom stereocenters. The van der Waals surface area contributed by atoms with Crippen molar-refractivity contribution in [3.05, 3.63) is 41.7 Å². The fourth-order valence-electron chi connectivity index (χ4n) is 2.37. The second-order valence-corrected chi connectivity index (χ2v) is 5.68. The minimum atomic E-state index is -0.355.